The summed E-state index contributed by atoms with van der Waals surface area (Å²) in [6.45, 7) is 5.06. The highest BCUT2D eigenvalue weighted by Gasteiger charge is 2.36. The van der Waals surface area contributed by atoms with Crippen molar-refractivity contribution in [3.05, 3.63) is 54.3 Å². The third-order valence-electron chi connectivity index (χ3n) is 6.29. The molecule has 1 amide bonds. The number of carbonyl (C=O) groups is 1. The number of halogens is 1. The number of benzene rings is 2. The van der Waals surface area contributed by atoms with Crippen molar-refractivity contribution in [2.24, 2.45) is 5.92 Å². The summed E-state index contributed by atoms with van der Waals surface area (Å²) >= 11 is 0. The minimum atomic E-state index is -3.68. The molecule has 0 radical (unpaired) electrons. The van der Waals surface area contributed by atoms with Crippen LogP contribution in [-0.4, -0.2) is 69.4 Å². The zero-order valence-electron chi connectivity index (χ0n) is 18.8. The first-order chi connectivity index (χ1) is 15.9. The average Bonchev–Trinajstić information content (AvgIpc) is 2.85. The van der Waals surface area contributed by atoms with Crippen LogP contribution in [0.1, 0.15) is 19.8 Å². The second kappa shape index (κ2) is 10.1. The lowest BCUT2D eigenvalue weighted by atomic mass is 9.97. The third-order valence-corrected chi connectivity index (χ3v) is 8.17. The van der Waals surface area contributed by atoms with Crippen LogP contribution in [0.4, 0.5) is 10.1 Å². The summed E-state index contributed by atoms with van der Waals surface area (Å²) in [5, 5.41) is 0. The van der Waals surface area contributed by atoms with Gasteiger partial charge in [0.05, 0.1) is 23.1 Å². The van der Waals surface area contributed by atoms with Crippen LogP contribution in [0, 0.1) is 11.7 Å². The standard InChI is InChI=1S/C24H30FN3O4S/c1-2-32-20-9-11-21(12-10-20)33(30,31)28-13-5-6-19(18-28)24(29)27-16-14-26(15-17-27)23-8-4-3-7-22(23)25/h3-4,7-12,19H,2,5-6,13-18H2,1H3/t19-/m1/s1. The van der Waals surface area contributed by atoms with Gasteiger partial charge in [-0.15, -0.1) is 0 Å². The van der Waals surface area contributed by atoms with E-state index in [0.29, 0.717) is 63.6 Å². The highest BCUT2D eigenvalue weighted by molar-refractivity contribution is 7.89. The quantitative estimate of drug-likeness (QED) is 0.643. The van der Waals surface area contributed by atoms with Crippen molar-refractivity contribution < 1.29 is 22.3 Å². The SMILES string of the molecule is CCOc1ccc(S(=O)(=O)N2CCC[C@@H](C(=O)N3CCN(c4ccccc4F)CC3)C2)cc1. The predicted octanol–water partition coefficient (Wildman–Crippen LogP) is 2.97. The Bertz CT molecular complexity index is 1070. The summed E-state index contributed by atoms with van der Waals surface area (Å²) < 4.78 is 47.2. The van der Waals surface area contributed by atoms with Crippen LogP contribution in [0.5, 0.6) is 5.75 Å². The van der Waals surface area contributed by atoms with Gasteiger partial charge in [0.25, 0.3) is 0 Å². The average molecular weight is 476 g/mol. The Morgan fingerprint density at radius 3 is 2.39 bits per heavy atom. The molecule has 2 saturated heterocycles. The maximum atomic E-state index is 14.1. The van der Waals surface area contributed by atoms with Gasteiger partial charge >= 0.3 is 0 Å². The van der Waals surface area contributed by atoms with Gasteiger partial charge in [-0.25, -0.2) is 12.8 Å². The number of nitrogens with zero attached hydrogens (tertiary/aromatic N) is 3. The van der Waals surface area contributed by atoms with E-state index in [-0.39, 0.29) is 29.1 Å². The lowest BCUT2D eigenvalue weighted by Gasteiger charge is -2.39. The number of rotatable bonds is 6. The van der Waals surface area contributed by atoms with Crippen molar-refractivity contribution in [2.75, 3.05) is 50.8 Å². The lowest BCUT2D eigenvalue weighted by Crippen LogP contribution is -2.53. The molecular formula is C24H30FN3O4S. The van der Waals surface area contributed by atoms with Crippen LogP contribution in [0.15, 0.2) is 53.4 Å². The van der Waals surface area contributed by atoms with Crippen molar-refractivity contribution in [1.29, 1.82) is 0 Å². The van der Waals surface area contributed by atoms with E-state index in [9.17, 15) is 17.6 Å². The highest BCUT2D eigenvalue weighted by atomic mass is 32.2. The Morgan fingerprint density at radius 1 is 1.03 bits per heavy atom. The van der Waals surface area contributed by atoms with Crippen LogP contribution in [0.3, 0.4) is 0 Å². The minimum Gasteiger partial charge on any atom is -0.494 e. The van der Waals surface area contributed by atoms with Crippen LogP contribution >= 0.6 is 0 Å². The molecule has 0 aliphatic carbocycles. The Morgan fingerprint density at radius 2 is 1.73 bits per heavy atom. The first-order valence-corrected chi connectivity index (χ1v) is 12.9. The first kappa shape index (κ1) is 23.5. The van der Waals surface area contributed by atoms with E-state index in [0.717, 1.165) is 0 Å². The fraction of sp³-hybridized carbons (Fsp3) is 0.458. The molecular weight excluding hydrogens is 445 g/mol. The maximum absolute atomic E-state index is 14.1. The summed E-state index contributed by atoms with van der Waals surface area (Å²) in [6, 6.07) is 13.1. The number of ether oxygens (including phenoxy) is 1. The van der Waals surface area contributed by atoms with Crippen LogP contribution in [-0.2, 0) is 14.8 Å². The molecule has 0 aromatic heterocycles. The molecule has 2 aromatic rings. The van der Waals surface area contributed by atoms with E-state index in [1.807, 2.05) is 11.8 Å². The van der Waals surface area contributed by atoms with Gasteiger partial charge in [-0.3, -0.25) is 4.79 Å². The van der Waals surface area contributed by atoms with E-state index in [1.54, 1.807) is 47.4 Å². The topological polar surface area (TPSA) is 70.2 Å². The molecule has 0 bridgehead atoms. The summed E-state index contributed by atoms with van der Waals surface area (Å²) in [7, 11) is -3.68. The fourth-order valence-electron chi connectivity index (χ4n) is 4.52. The molecule has 2 aliphatic rings. The summed E-state index contributed by atoms with van der Waals surface area (Å²) in [5.41, 5.74) is 0.551. The molecule has 178 valence electrons. The molecule has 0 spiro atoms. The molecule has 2 aromatic carbocycles. The van der Waals surface area contributed by atoms with Crippen molar-refractivity contribution in [3.63, 3.8) is 0 Å². The molecule has 7 nitrogen and oxygen atoms in total. The van der Waals surface area contributed by atoms with Gasteiger partial charge in [-0.1, -0.05) is 12.1 Å². The van der Waals surface area contributed by atoms with Crippen LogP contribution < -0.4 is 9.64 Å². The zero-order chi connectivity index (χ0) is 23.4. The number of hydrogen-bond donors (Lipinski definition) is 0. The van der Waals surface area contributed by atoms with Gasteiger partial charge in [-0.05, 0) is 56.2 Å². The Kier molecular flexibility index (Phi) is 7.19. The fourth-order valence-corrected chi connectivity index (χ4v) is 6.04. The summed E-state index contributed by atoms with van der Waals surface area (Å²) in [6.07, 6.45) is 1.31. The number of carbonyl (C=O) groups excluding carboxylic acids is 1. The molecule has 2 aliphatic heterocycles. The minimum absolute atomic E-state index is 0.0187. The van der Waals surface area contributed by atoms with Gasteiger partial charge in [0, 0.05) is 39.3 Å². The number of piperidine rings is 1. The monoisotopic (exact) mass is 475 g/mol. The largest absolute Gasteiger partial charge is 0.494 e. The van der Waals surface area contributed by atoms with Crippen molar-refractivity contribution >= 4 is 21.6 Å². The molecule has 0 saturated carbocycles. The zero-order valence-corrected chi connectivity index (χ0v) is 19.6. The van der Waals surface area contributed by atoms with Crippen molar-refractivity contribution in [3.8, 4) is 5.75 Å². The maximum Gasteiger partial charge on any atom is 0.243 e. The summed E-state index contributed by atoms with van der Waals surface area (Å²) in [4.78, 5) is 17.1. The van der Waals surface area contributed by atoms with Gasteiger partial charge in [0.1, 0.15) is 11.6 Å². The number of piperazine rings is 1. The molecule has 0 N–H and O–H groups in total. The molecule has 9 heteroatoms. The van der Waals surface area contributed by atoms with Crippen molar-refractivity contribution in [1.82, 2.24) is 9.21 Å². The van der Waals surface area contributed by atoms with Gasteiger partial charge in [0.15, 0.2) is 0 Å². The Hall–Kier alpha value is -2.65. The van der Waals surface area contributed by atoms with E-state index >= 15 is 0 Å². The van der Waals surface area contributed by atoms with Crippen molar-refractivity contribution in [2.45, 2.75) is 24.7 Å². The Balaban J connectivity index is 1.38. The normalized spacial score (nSPS) is 20.0. The molecule has 1 atom stereocenters. The van der Waals surface area contributed by atoms with E-state index < -0.39 is 10.0 Å². The number of amides is 1. The number of anilines is 1. The second-order valence-corrected chi connectivity index (χ2v) is 10.3. The second-order valence-electron chi connectivity index (χ2n) is 8.37. The number of hydrogen-bond acceptors (Lipinski definition) is 5. The molecule has 33 heavy (non-hydrogen) atoms. The smallest absolute Gasteiger partial charge is 0.243 e. The van der Waals surface area contributed by atoms with Gasteiger partial charge < -0.3 is 14.5 Å². The number of sulfonamides is 1. The Labute approximate surface area is 194 Å². The van der Waals surface area contributed by atoms with E-state index in [4.69, 9.17) is 4.74 Å². The molecule has 0 unspecified atom stereocenters. The molecule has 2 heterocycles. The van der Waals surface area contributed by atoms with Crippen LogP contribution in [0.2, 0.25) is 0 Å². The van der Waals surface area contributed by atoms with Gasteiger partial charge in [0.2, 0.25) is 15.9 Å². The molecule has 2 fully saturated rings. The highest BCUT2D eigenvalue weighted by Crippen LogP contribution is 2.27. The summed E-state index contributed by atoms with van der Waals surface area (Å²) in [5.74, 6) is -0.0246. The predicted molar refractivity (Wildman–Crippen MR) is 124 cm³/mol. The third kappa shape index (κ3) is 5.14. The first-order valence-electron chi connectivity index (χ1n) is 11.4. The van der Waals surface area contributed by atoms with E-state index in [2.05, 4.69) is 0 Å². The van der Waals surface area contributed by atoms with Crippen LogP contribution in [0.25, 0.3) is 0 Å². The lowest BCUT2D eigenvalue weighted by molar-refractivity contribution is -0.137. The number of para-hydroxylation sites is 1. The molecule has 4 rings (SSSR count). The van der Waals surface area contributed by atoms with Gasteiger partial charge in [-0.2, -0.15) is 4.31 Å². The van der Waals surface area contributed by atoms with E-state index in [1.165, 1.54) is 10.4 Å².